The number of nitrogens with zero attached hydrogens (tertiary/aromatic N) is 1. The van der Waals surface area contributed by atoms with E-state index in [1.165, 1.54) is 17.8 Å². The van der Waals surface area contributed by atoms with Gasteiger partial charge in [-0.15, -0.1) is 11.8 Å². The number of carbonyl (C=O) groups is 2. The number of likely N-dealkylation sites (N-methyl/N-ethyl adjacent to an activating group) is 1. The van der Waals surface area contributed by atoms with Crippen LogP contribution in [0.5, 0.6) is 0 Å². The van der Waals surface area contributed by atoms with Gasteiger partial charge < -0.3 is 10.2 Å². The zero-order chi connectivity index (χ0) is 24.3. The van der Waals surface area contributed by atoms with Gasteiger partial charge in [-0.25, -0.2) is 4.39 Å². The largest absolute Gasteiger partial charge is 0.355 e. The minimum Gasteiger partial charge on any atom is -0.355 e. The molecule has 0 aliphatic heterocycles. The first-order valence-corrected chi connectivity index (χ1v) is 13.1. The first-order chi connectivity index (χ1) is 16.5. The molecule has 0 spiro atoms. The molecule has 2 amide bonds. The number of hydrogen-bond acceptors (Lipinski definition) is 3. The molecule has 0 bridgehead atoms. The molecule has 0 heterocycles. The standard InChI is InChI=1S/C27H28BrFN2O2S/c1-2-30-27(33)25(16-20-9-4-3-5-10-20)31(17-21-11-8-13-23(28)15-21)26(32)19-34-18-22-12-6-7-14-24(22)29/h3-15,25H,2,16-19H2,1H3,(H,30,33)/t25-/m1/s1. The average Bonchev–Trinajstić information content (AvgIpc) is 2.83. The van der Waals surface area contributed by atoms with Crippen LogP contribution in [0.25, 0.3) is 0 Å². The summed E-state index contributed by atoms with van der Waals surface area (Å²) in [5, 5.41) is 2.89. The van der Waals surface area contributed by atoms with Crippen LogP contribution in [-0.2, 0) is 28.3 Å². The molecular weight excluding hydrogens is 515 g/mol. The number of halogens is 2. The molecule has 0 saturated carbocycles. The second-order valence-corrected chi connectivity index (χ2v) is 9.74. The van der Waals surface area contributed by atoms with Crippen molar-refractivity contribution in [2.75, 3.05) is 12.3 Å². The van der Waals surface area contributed by atoms with Crippen LogP contribution in [0.2, 0.25) is 0 Å². The lowest BCUT2D eigenvalue weighted by Gasteiger charge is -2.31. The molecule has 3 rings (SSSR count). The van der Waals surface area contributed by atoms with Gasteiger partial charge in [0, 0.05) is 29.7 Å². The molecule has 178 valence electrons. The molecule has 0 aliphatic carbocycles. The fourth-order valence-corrected chi connectivity index (χ4v) is 4.97. The fourth-order valence-electron chi connectivity index (χ4n) is 3.62. The summed E-state index contributed by atoms with van der Waals surface area (Å²) < 4.78 is 14.9. The van der Waals surface area contributed by atoms with Crippen molar-refractivity contribution in [2.24, 2.45) is 0 Å². The van der Waals surface area contributed by atoms with Crippen molar-refractivity contribution < 1.29 is 14.0 Å². The Morgan fingerprint density at radius 2 is 1.71 bits per heavy atom. The highest BCUT2D eigenvalue weighted by molar-refractivity contribution is 9.10. The molecule has 0 fully saturated rings. The molecule has 0 saturated heterocycles. The van der Waals surface area contributed by atoms with E-state index in [0.29, 0.717) is 30.8 Å². The van der Waals surface area contributed by atoms with E-state index in [-0.39, 0.29) is 23.4 Å². The van der Waals surface area contributed by atoms with Crippen molar-refractivity contribution in [3.63, 3.8) is 0 Å². The van der Waals surface area contributed by atoms with Crippen LogP contribution >= 0.6 is 27.7 Å². The predicted octanol–water partition coefficient (Wildman–Crippen LogP) is 5.60. The van der Waals surface area contributed by atoms with Crippen LogP contribution in [0.15, 0.2) is 83.3 Å². The Kier molecular flexibility index (Phi) is 10.2. The van der Waals surface area contributed by atoms with E-state index in [1.807, 2.05) is 61.5 Å². The third kappa shape index (κ3) is 7.71. The van der Waals surface area contributed by atoms with Crippen LogP contribution in [-0.4, -0.2) is 35.1 Å². The minimum absolute atomic E-state index is 0.146. The Balaban J connectivity index is 1.83. The summed E-state index contributed by atoms with van der Waals surface area (Å²) in [6, 6.07) is 23.3. The van der Waals surface area contributed by atoms with Gasteiger partial charge >= 0.3 is 0 Å². The fraction of sp³-hybridized carbons (Fsp3) is 0.259. The van der Waals surface area contributed by atoms with Crippen molar-refractivity contribution in [1.29, 1.82) is 0 Å². The quantitative estimate of drug-likeness (QED) is 0.343. The molecule has 4 nitrogen and oxygen atoms in total. The molecule has 0 radical (unpaired) electrons. The molecule has 1 N–H and O–H groups in total. The van der Waals surface area contributed by atoms with Gasteiger partial charge in [0.1, 0.15) is 11.9 Å². The summed E-state index contributed by atoms with van der Waals surface area (Å²) in [6.45, 7) is 2.64. The third-order valence-electron chi connectivity index (χ3n) is 5.30. The van der Waals surface area contributed by atoms with Crippen molar-refractivity contribution in [3.8, 4) is 0 Å². The summed E-state index contributed by atoms with van der Waals surface area (Å²) >= 11 is 4.83. The molecule has 34 heavy (non-hydrogen) atoms. The van der Waals surface area contributed by atoms with E-state index >= 15 is 0 Å². The van der Waals surface area contributed by atoms with Gasteiger partial charge in [0.25, 0.3) is 0 Å². The van der Waals surface area contributed by atoms with E-state index < -0.39 is 6.04 Å². The molecule has 0 aromatic heterocycles. The Morgan fingerprint density at radius 1 is 1.00 bits per heavy atom. The SMILES string of the molecule is CCNC(=O)[C@@H](Cc1ccccc1)N(Cc1cccc(Br)c1)C(=O)CSCc1ccccc1F. The van der Waals surface area contributed by atoms with Crippen molar-refractivity contribution in [3.05, 3.63) is 106 Å². The number of carbonyl (C=O) groups excluding carboxylic acids is 2. The van der Waals surface area contributed by atoms with Gasteiger partial charge in [0.05, 0.1) is 5.75 Å². The molecule has 0 unspecified atom stereocenters. The Bertz CT molecular complexity index is 1100. The highest BCUT2D eigenvalue weighted by atomic mass is 79.9. The highest BCUT2D eigenvalue weighted by Crippen LogP contribution is 2.21. The summed E-state index contributed by atoms with van der Waals surface area (Å²) in [5.41, 5.74) is 2.46. The molecule has 0 aliphatic rings. The molecule has 7 heteroatoms. The van der Waals surface area contributed by atoms with Crippen molar-refractivity contribution >= 4 is 39.5 Å². The van der Waals surface area contributed by atoms with Crippen LogP contribution in [0, 0.1) is 5.82 Å². The smallest absolute Gasteiger partial charge is 0.243 e. The van der Waals surface area contributed by atoms with Crippen LogP contribution in [0.1, 0.15) is 23.6 Å². The minimum atomic E-state index is -0.664. The second-order valence-electron chi connectivity index (χ2n) is 7.84. The number of thioether (sulfide) groups is 1. The third-order valence-corrected chi connectivity index (χ3v) is 6.76. The van der Waals surface area contributed by atoms with Gasteiger partial charge in [-0.05, 0) is 41.8 Å². The zero-order valence-electron chi connectivity index (χ0n) is 19.0. The molecule has 1 atom stereocenters. The second kappa shape index (κ2) is 13.3. The van der Waals surface area contributed by atoms with Gasteiger partial charge in [-0.2, -0.15) is 0 Å². The lowest BCUT2D eigenvalue weighted by atomic mass is 10.0. The Morgan fingerprint density at radius 3 is 2.41 bits per heavy atom. The maximum absolute atomic E-state index is 14.0. The zero-order valence-corrected chi connectivity index (χ0v) is 21.4. The van der Waals surface area contributed by atoms with E-state index in [1.54, 1.807) is 23.1 Å². The summed E-state index contributed by atoms with van der Waals surface area (Å²) in [4.78, 5) is 28.2. The van der Waals surface area contributed by atoms with E-state index in [0.717, 1.165) is 15.6 Å². The van der Waals surface area contributed by atoms with E-state index in [9.17, 15) is 14.0 Å². The van der Waals surface area contributed by atoms with E-state index in [4.69, 9.17) is 0 Å². The Labute approximate surface area is 213 Å². The summed E-state index contributed by atoms with van der Waals surface area (Å²) in [5.74, 6) is -0.0965. The number of nitrogens with one attached hydrogen (secondary N) is 1. The highest BCUT2D eigenvalue weighted by Gasteiger charge is 2.30. The number of benzene rings is 3. The average molecular weight is 544 g/mol. The first-order valence-electron chi connectivity index (χ1n) is 11.1. The topological polar surface area (TPSA) is 49.4 Å². The summed E-state index contributed by atoms with van der Waals surface area (Å²) in [6.07, 6.45) is 0.407. The van der Waals surface area contributed by atoms with Crippen molar-refractivity contribution in [2.45, 2.75) is 31.7 Å². The molecular formula is C27H28BrFN2O2S. The van der Waals surface area contributed by atoms with Gasteiger partial charge in [0.15, 0.2) is 0 Å². The van der Waals surface area contributed by atoms with Gasteiger partial charge in [-0.1, -0.05) is 76.6 Å². The summed E-state index contributed by atoms with van der Waals surface area (Å²) in [7, 11) is 0. The van der Waals surface area contributed by atoms with Crippen molar-refractivity contribution in [1.82, 2.24) is 10.2 Å². The first kappa shape index (κ1) is 26.0. The number of rotatable bonds is 11. The maximum atomic E-state index is 14.0. The number of amides is 2. The predicted molar refractivity (Wildman–Crippen MR) is 140 cm³/mol. The molecule has 3 aromatic carbocycles. The van der Waals surface area contributed by atoms with Crippen LogP contribution < -0.4 is 5.32 Å². The van der Waals surface area contributed by atoms with Gasteiger partial charge in [-0.3, -0.25) is 9.59 Å². The molecule has 3 aromatic rings. The van der Waals surface area contributed by atoms with Gasteiger partial charge in [0.2, 0.25) is 11.8 Å². The number of hydrogen-bond donors (Lipinski definition) is 1. The van der Waals surface area contributed by atoms with Crippen LogP contribution in [0.4, 0.5) is 4.39 Å². The van der Waals surface area contributed by atoms with E-state index in [2.05, 4.69) is 21.2 Å². The lowest BCUT2D eigenvalue weighted by molar-refractivity contribution is -0.139. The lowest BCUT2D eigenvalue weighted by Crippen LogP contribution is -2.51. The normalized spacial score (nSPS) is 11.6. The van der Waals surface area contributed by atoms with Crippen LogP contribution in [0.3, 0.4) is 0 Å². The Hall–Kier alpha value is -2.64. The monoisotopic (exact) mass is 542 g/mol. The maximum Gasteiger partial charge on any atom is 0.243 e.